The Labute approximate surface area is 109 Å². The van der Waals surface area contributed by atoms with Crippen LogP contribution in [-0.2, 0) is 0 Å². The minimum atomic E-state index is 0.153. The highest BCUT2D eigenvalue weighted by Gasteiger charge is 2.17. The monoisotopic (exact) mass is 243 g/mol. The van der Waals surface area contributed by atoms with Gasteiger partial charge < -0.3 is 10.3 Å². The first-order valence-corrected chi connectivity index (χ1v) is 6.52. The van der Waals surface area contributed by atoms with Crippen LogP contribution < -0.4 is 5.32 Å². The van der Waals surface area contributed by atoms with Crippen molar-refractivity contribution < 1.29 is 0 Å². The van der Waals surface area contributed by atoms with Gasteiger partial charge in [0.2, 0.25) is 0 Å². The lowest BCUT2D eigenvalue weighted by molar-refractivity contribution is 0.574. The molecule has 1 unspecified atom stereocenters. The number of hydrogen-bond acceptors (Lipinski definition) is 2. The summed E-state index contributed by atoms with van der Waals surface area (Å²) in [7, 11) is 0. The molecule has 0 bridgehead atoms. The Morgan fingerprint density at radius 2 is 2.17 bits per heavy atom. The average molecular weight is 243 g/mol. The first-order chi connectivity index (χ1) is 8.72. The molecule has 1 atom stereocenters. The molecule has 1 aromatic heterocycles. The van der Waals surface area contributed by atoms with Gasteiger partial charge in [0.15, 0.2) is 0 Å². The van der Waals surface area contributed by atoms with Gasteiger partial charge in [-0.25, -0.2) is 4.98 Å². The molecule has 96 valence electrons. The van der Waals surface area contributed by atoms with E-state index in [0.29, 0.717) is 0 Å². The largest absolute Gasteiger partial charge is 0.347 e. The van der Waals surface area contributed by atoms with Crippen molar-refractivity contribution in [2.45, 2.75) is 33.2 Å². The number of nitrogens with one attached hydrogen (secondary N) is 2. The fourth-order valence-corrected chi connectivity index (χ4v) is 2.23. The number of aromatic nitrogens is 2. The minimum absolute atomic E-state index is 0.153. The molecule has 2 rings (SSSR count). The second-order valence-corrected chi connectivity index (χ2v) is 4.72. The second-order valence-electron chi connectivity index (χ2n) is 4.72. The molecule has 18 heavy (non-hydrogen) atoms. The standard InChI is InChI=1S/C15H21N3/c1-4-7-16-14(15-17-8-9-18-15)13-6-5-11(2)10-12(13)3/h5-6,8-10,14,16H,4,7H2,1-3H3,(H,17,18). The molecule has 0 aliphatic carbocycles. The molecule has 1 heterocycles. The van der Waals surface area contributed by atoms with Gasteiger partial charge in [-0.2, -0.15) is 0 Å². The molecule has 2 N–H and O–H groups in total. The molecule has 3 heteroatoms. The number of hydrogen-bond donors (Lipinski definition) is 2. The number of H-pyrrole nitrogens is 1. The summed E-state index contributed by atoms with van der Waals surface area (Å²) in [5.41, 5.74) is 3.90. The fraction of sp³-hybridized carbons (Fsp3) is 0.400. The Bertz CT molecular complexity index is 488. The van der Waals surface area contributed by atoms with E-state index in [1.807, 2.05) is 6.20 Å². The van der Waals surface area contributed by atoms with Crippen LogP contribution in [0.4, 0.5) is 0 Å². The van der Waals surface area contributed by atoms with Crippen LogP contribution in [0.5, 0.6) is 0 Å². The van der Waals surface area contributed by atoms with Crippen LogP contribution in [0.3, 0.4) is 0 Å². The van der Waals surface area contributed by atoms with Gasteiger partial charge in [-0.05, 0) is 37.9 Å². The van der Waals surface area contributed by atoms with E-state index < -0.39 is 0 Å². The minimum Gasteiger partial charge on any atom is -0.347 e. The van der Waals surface area contributed by atoms with Gasteiger partial charge in [-0.1, -0.05) is 30.7 Å². The molecular formula is C15H21N3. The van der Waals surface area contributed by atoms with E-state index in [-0.39, 0.29) is 6.04 Å². The third kappa shape index (κ3) is 2.79. The number of aromatic amines is 1. The summed E-state index contributed by atoms with van der Waals surface area (Å²) in [5, 5.41) is 3.55. The quantitative estimate of drug-likeness (QED) is 0.847. The zero-order chi connectivity index (χ0) is 13.0. The molecule has 0 amide bonds. The van der Waals surface area contributed by atoms with Crippen LogP contribution >= 0.6 is 0 Å². The number of benzene rings is 1. The normalized spacial score (nSPS) is 12.6. The summed E-state index contributed by atoms with van der Waals surface area (Å²) < 4.78 is 0. The lowest BCUT2D eigenvalue weighted by Crippen LogP contribution is -2.25. The lowest BCUT2D eigenvalue weighted by atomic mass is 9.98. The Hall–Kier alpha value is -1.61. The van der Waals surface area contributed by atoms with Crippen molar-refractivity contribution in [2.24, 2.45) is 0 Å². The maximum absolute atomic E-state index is 4.39. The number of aryl methyl sites for hydroxylation is 2. The van der Waals surface area contributed by atoms with Crippen molar-refractivity contribution in [3.63, 3.8) is 0 Å². The zero-order valence-electron chi connectivity index (χ0n) is 11.3. The van der Waals surface area contributed by atoms with Crippen molar-refractivity contribution in [2.75, 3.05) is 6.54 Å². The molecule has 0 spiro atoms. The molecule has 0 saturated heterocycles. The van der Waals surface area contributed by atoms with Gasteiger partial charge in [0.1, 0.15) is 5.82 Å². The van der Waals surface area contributed by atoms with Gasteiger partial charge >= 0.3 is 0 Å². The third-order valence-corrected chi connectivity index (χ3v) is 3.13. The van der Waals surface area contributed by atoms with Crippen molar-refractivity contribution >= 4 is 0 Å². The average Bonchev–Trinajstić information content (AvgIpc) is 2.85. The Morgan fingerprint density at radius 1 is 1.33 bits per heavy atom. The molecule has 0 aliphatic heterocycles. The molecule has 0 fully saturated rings. The Balaban J connectivity index is 2.33. The molecular weight excluding hydrogens is 222 g/mol. The van der Waals surface area contributed by atoms with Crippen LogP contribution in [0.15, 0.2) is 30.6 Å². The van der Waals surface area contributed by atoms with E-state index in [4.69, 9.17) is 0 Å². The van der Waals surface area contributed by atoms with E-state index >= 15 is 0 Å². The Kier molecular flexibility index (Phi) is 4.15. The van der Waals surface area contributed by atoms with Crippen LogP contribution in [0.2, 0.25) is 0 Å². The highest BCUT2D eigenvalue weighted by atomic mass is 15.0. The predicted molar refractivity (Wildman–Crippen MR) is 74.6 cm³/mol. The first-order valence-electron chi connectivity index (χ1n) is 6.52. The topological polar surface area (TPSA) is 40.7 Å². The molecule has 0 radical (unpaired) electrons. The van der Waals surface area contributed by atoms with Gasteiger partial charge in [0.05, 0.1) is 6.04 Å². The van der Waals surface area contributed by atoms with E-state index in [1.54, 1.807) is 6.20 Å². The van der Waals surface area contributed by atoms with Crippen LogP contribution in [0, 0.1) is 13.8 Å². The number of nitrogens with zero attached hydrogens (tertiary/aromatic N) is 1. The van der Waals surface area contributed by atoms with E-state index in [0.717, 1.165) is 18.8 Å². The summed E-state index contributed by atoms with van der Waals surface area (Å²) >= 11 is 0. The predicted octanol–water partition coefficient (Wildman–Crippen LogP) is 3.12. The molecule has 0 aliphatic rings. The van der Waals surface area contributed by atoms with E-state index in [2.05, 4.69) is 54.3 Å². The summed E-state index contributed by atoms with van der Waals surface area (Å²) in [6, 6.07) is 6.73. The van der Waals surface area contributed by atoms with Gasteiger partial charge in [-0.3, -0.25) is 0 Å². The van der Waals surface area contributed by atoms with Crippen molar-refractivity contribution in [3.8, 4) is 0 Å². The summed E-state index contributed by atoms with van der Waals surface area (Å²) in [5.74, 6) is 0.982. The fourth-order valence-electron chi connectivity index (χ4n) is 2.23. The zero-order valence-corrected chi connectivity index (χ0v) is 11.3. The van der Waals surface area contributed by atoms with Crippen molar-refractivity contribution in [1.82, 2.24) is 15.3 Å². The maximum atomic E-state index is 4.39. The molecule has 0 saturated carbocycles. The highest BCUT2D eigenvalue weighted by molar-refractivity contribution is 5.35. The number of imidazole rings is 1. The third-order valence-electron chi connectivity index (χ3n) is 3.13. The van der Waals surface area contributed by atoms with Crippen molar-refractivity contribution in [1.29, 1.82) is 0 Å². The highest BCUT2D eigenvalue weighted by Crippen LogP contribution is 2.23. The lowest BCUT2D eigenvalue weighted by Gasteiger charge is -2.19. The van der Waals surface area contributed by atoms with E-state index in [9.17, 15) is 0 Å². The van der Waals surface area contributed by atoms with Crippen LogP contribution in [-0.4, -0.2) is 16.5 Å². The van der Waals surface area contributed by atoms with Crippen molar-refractivity contribution in [3.05, 3.63) is 53.1 Å². The van der Waals surface area contributed by atoms with E-state index in [1.165, 1.54) is 16.7 Å². The van der Waals surface area contributed by atoms with Gasteiger partial charge in [0.25, 0.3) is 0 Å². The smallest absolute Gasteiger partial charge is 0.127 e. The van der Waals surface area contributed by atoms with Gasteiger partial charge in [0, 0.05) is 12.4 Å². The Morgan fingerprint density at radius 3 is 2.78 bits per heavy atom. The first kappa shape index (κ1) is 12.8. The van der Waals surface area contributed by atoms with Gasteiger partial charge in [-0.15, -0.1) is 0 Å². The molecule has 2 aromatic rings. The van der Waals surface area contributed by atoms with Crippen LogP contribution in [0.1, 0.15) is 41.9 Å². The number of rotatable bonds is 5. The second kappa shape index (κ2) is 5.83. The maximum Gasteiger partial charge on any atom is 0.127 e. The molecule has 1 aromatic carbocycles. The van der Waals surface area contributed by atoms with Crippen LogP contribution in [0.25, 0.3) is 0 Å². The summed E-state index contributed by atoms with van der Waals surface area (Å²) in [6.45, 7) is 7.44. The summed E-state index contributed by atoms with van der Waals surface area (Å²) in [6.07, 6.45) is 4.79. The summed E-state index contributed by atoms with van der Waals surface area (Å²) in [4.78, 5) is 7.60. The molecule has 3 nitrogen and oxygen atoms in total. The SMILES string of the molecule is CCCNC(c1ncc[nH]1)c1ccc(C)cc1C.